The molecule has 0 aliphatic rings. The molecule has 0 fully saturated rings. The van der Waals surface area contributed by atoms with E-state index in [0.29, 0.717) is 0 Å². The van der Waals surface area contributed by atoms with Crippen LogP contribution in [0, 0.1) is 0 Å². The van der Waals surface area contributed by atoms with E-state index in [-0.39, 0.29) is 0 Å². The predicted molar refractivity (Wildman–Crippen MR) is 407 cm³/mol. The molecule has 0 atom stereocenters. The number of fused-ring (bicyclic) bond motifs is 13. The van der Waals surface area contributed by atoms with Crippen LogP contribution in [0.1, 0.15) is 0 Å². The maximum Gasteiger partial charge on any atom is 0.143 e. The Morgan fingerprint density at radius 1 is 0.134 bits per heavy atom. The van der Waals surface area contributed by atoms with E-state index in [4.69, 9.17) is 13.3 Å². The molecule has 97 heavy (non-hydrogen) atoms. The van der Waals surface area contributed by atoms with Crippen LogP contribution < -0.4 is 0 Å². The molecule has 0 radical (unpaired) electrons. The summed E-state index contributed by atoms with van der Waals surface area (Å²) in [7, 11) is 0. The van der Waals surface area contributed by atoms with E-state index in [9.17, 15) is 0 Å². The summed E-state index contributed by atoms with van der Waals surface area (Å²) in [6, 6.07) is 123. The summed E-state index contributed by atoms with van der Waals surface area (Å²) >= 11 is 0. The summed E-state index contributed by atoms with van der Waals surface area (Å²) in [5, 5.41) is 16.4. The first kappa shape index (κ1) is 54.7. The fourth-order valence-corrected chi connectivity index (χ4v) is 15.8. The Labute approximate surface area is 558 Å². The highest BCUT2D eigenvalue weighted by Crippen LogP contribution is 2.49. The second-order valence-corrected chi connectivity index (χ2v) is 25.7. The molecular formula is C94H56O3. The molecule has 0 bridgehead atoms. The maximum atomic E-state index is 6.95. The van der Waals surface area contributed by atoms with Crippen molar-refractivity contribution in [2.24, 2.45) is 0 Å². The van der Waals surface area contributed by atoms with Crippen molar-refractivity contribution < 1.29 is 13.3 Å². The summed E-state index contributed by atoms with van der Waals surface area (Å²) in [5.41, 5.74) is 26.3. The van der Waals surface area contributed by atoms with Crippen molar-refractivity contribution in [2.45, 2.75) is 0 Å². The molecule has 0 spiro atoms. The maximum absolute atomic E-state index is 6.95. The highest BCUT2D eigenvalue weighted by atomic mass is 16.3. The third kappa shape index (κ3) is 8.83. The van der Waals surface area contributed by atoms with E-state index >= 15 is 0 Å². The van der Waals surface area contributed by atoms with Crippen LogP contribution in [0.5, 0.6) is 0 Å². The molecule has 20 aromatic rings. The van der Waals surface area contributed by atoms with Crippen LogP contribution in [-0.4, -0.2) is 0 Å². The molecule has 450 valence electrons. The van der Waals surface area contributed by atoms with Crippen LogP contribution in [0.4, 0.5) is 0 Å². The number of hydrogen-bond acceptors (Lipinski definition) is 3. The minimum Gasteiger partial charge on any atom is -0.456 e. The lowest BCUT2D eigenvalue weighted by Crippen LogP contribution is -1.92. The SMILES string of the molecule is c1ccc(-c2ccccc2-c2c3ccccc3c(-c3ccc(-c4ccc5oc6ccc(-c7ccc8c(c7)oc7c(-c9ccc(-c%10c%11ccccc%11c(-c%11ccc(-c%12ccc%13oc%14ccccc%14c%13c%12)cc%11)c%11ccccc%10%11)cc9)cccc78)cc6c5c4)cc3)c3ccccc23)cc1. The molecule has 0 aliphatic heterocycles. The fourth-order valence-electron chi connectivity index (χ4n) is 15.8. The van der Waals surface area contributed by atoms with Crippen LogP contribution in [-0.2, 0) is 0 Å². The number of rotatable bonds is 9. The Morgan fingerprint density at radius 3 is 0.938 bits per heavy atom. The van der Waals surface area contributed by atoms with Crippen LogP contribution in [0.25, 0.3) is 209 Å². The van der Waals surface area contributed by atoms with Gasteiger partial charge in [-0.1, -0.05) is 285 Å². The molecule has 20 rings (SSSR count). The van der Waals surface area contributed by atoms with Gasteiger partial charge in [0.25, 0.3) is 0 Å². The van der Waals surface area contributed by atoms with Gasteiger partial charge in [0.2, 0.25) is 0 Å². The molecule has 0 saturated heterocycles. The van der Waals surface area contributed by atoms with Gasteiger partial charge in [-0.05, 0) is 192 Å². The van der Waals surface area contributed by atoms with E-state index in [1.807, 2.05) is 12.1 Å². The van der Waals surface area contributed by atoms with Gasteiger partial charge < -0.3 is 13.3 Å². The molecule has 0 unspecified atom stereocenters. The van der Waals surface area contributed by atoms with Crippen molar-refractivity contribution in [1.82, 2.24) is 0 Å². The van der Waals surface area contributed by atoms with Crippen molar-refractivity contribution in [3.05, 3.63) is 340 Å². The minimum absolute atomic E-state index is 0.849. The van der Waals surface area contributed by atoms with Gasteiger partial charge in [-0.2, -0.15) is 0 Å². The standard InChI is InChI=1S/C94H56O3/c1-2-17-59(18-3-1)68-19-4-5-21-72(68)93-79-28-12-10-26-77(79)92(78-27-11-13-29-80(78)93)62-41-35-58(36-42-62)65-47-51-87-83(54-65)84-55-66(48-52-88(84)96-87)67-45-49-71-81-31-16-30-69(94(81)97-89(71)56-67)60-37-43-63(44-38-60)91-75-24-8-6-22-73(75)90(74-23-7-9-25-76(74)91)61-39-33-57(34-40-61)64-46-50-86-82(53-64)70-20-14-15-32-85(70)95-86/h1-56H. The highest BCUT2D eigenvalue weighted by molar-refractivity contribution is 6.24. The Bertz CT molecular complexity index is 6470. The zero-order valence-electron chi connectivity index (χ0n) is 52.6. The van der Waals surface area contributed by atoms with Crippen LogP contribution in [0.3, 0.4) is 0 Å². The third-order valence-electron chi connectivity index (χ3n) is 20.3. The zero-order chi connectivity index (χ0) is 63.7. The van der Waals surface area contributed by atoms with Gasteiger partial charge in [-0.3, -0.25) is 0 Å². The first-order valence-corrected chi connectivity index (χ1v) is 33.3. The summed E-state index contributed by atoms with van der Waals surface area (Å²) in [6.07, 6.45) is 0. The average Bonchev–Trinajstić information content (AvgIpc) is 1.67. The Kier molecular flexibility index (Phi) is 12.3. The Hall–Kier alpha value is -12.8. The minimum atomic E-state index is 0.849. The molecule has 3 heterocycles. The molecule has 0 amide bonds. The number of hydrogen-bond donors (Lipinski definition) is 0. The van der Waals surface area contributed by atoms with Gasteiger partial charge in [-0.25, -0.2) is 0 Å². The molecule has 0 N–H and O–H groups in total. The first-order valence-electron chi connectivity index (χ1n) is 33.3. The van der Waals surface area contributed by atoms with Gasteiger partial charge in [0.15, 0.2) is 0 Å². The summed E-state index contributed by atoms with van der Waals surface area (Å²) in [6.45, 7) is 0. The predicted octanol–water partition coefficient (Wildman–Crippen LogP) is 27.0. The summed E-state index contributed by atoms with van der Waals surface area (Å²) in [5.74, 6) is 0. The summed E-state index contributed by atoms with van der Waals surface area (Å²) in [4.78, 5) is 0. The lowest BCUT2D eigenvalue weighted by molar-refractivity contribution is 0.668. The van der Waals surface area contributed by atoms with E-state index in [1.165, 1.54) is 98.7 Å². The monoisotopic (exact) mass is 1230 g/mol. The molecule has 3 aromatic heterocycles. The second-order valence-electron chi connectivity index (χ2n) is 25.7. The van der Waals surface area contributed by atoms with Gasteiger partial charge in [0, 0.05) is 37.9 Å². The van der Waals surface area contributed by atoms with Crippen molar-refractivity contribution in [3.8, 4) is 100 Å². The first-order chi connectivity index (χ1) is 48.1. The van der Waals surface area contributed by atoms with Crippen molar-refractivity contribution >= 4 is 109 Å². The van der Waals surface area contributed by atoms with E-state index in [0.717, 1.165) is 110 Å². The second kappa shape index (κ2) is 21.9. The van der Waals surface area contributed by atoms with Crippen molar-refractivity contribution in [3.63, 3.8) is 0 Å². The van der Waals surface area contributed by atoms with Crippen molar-refractivity contribution in [1.29, 1.82) is 0 Å². The normalized spacial score (nSPS) is 11.9. The highest BCUT2D eigenvalue weighted by Gasteiger charge is 2.22. The number of furan rings is 3. The van der Waals surface area contributed by atoms with E-state index < -0.39 is 0 Å². The molecule has 0 aliphatic carbocycles. The van der Waals surface area contributed by atoms with Gasteiger partial charge >= 0.3 is 0 Å². The topological polar surface area (TPSA) is 39.4 Å². The van der Waals surface area contributed by atoms with Gasteiger partial charge in [-0.15, -0.1) is 0 Å². The Morgan fingerprint density at radius 2 is 0.443 bits per heavy atom. The smallest absolute Gasteiger partial charge is 0.143 e. The lowest BCUT2D eigenvalue weighted by Gasteiger charge is -2.19. The van der Waals surface area contributed by atoms with Crippen molar-refractivity contribution in [2.75, 3.05) is 0 Å². The number of para-hydroxylation sites is 2. The Balaban J connectivity index is 0.605. The largest absolute Gasteiger partial charge is 0.456 e. The fraction of sp³-hybridized carbons (Fsp3) is 0. The van der Waals surface area contributed by atoms with E-state index in [1.54, 1.807) is 0 Å². The third-order valence-corrected chi connectivity index (χ3v) is 20.3. The van der Waals surface area contributed by atoms with Gasteiger partial charge in [0.1, 0.15) is 33.5 Å². The summed E-state index contributed by atoms with van der Waals surface area (Å²) < 4.78 is 19.6. The van der Waals surface area contributed by atoms with Crippen LogP contribution in [0.15, 0.2) is 353 Å². The molecule has 3 heteroatoms. The van der Waals surface area contributed by atoms with Gasteiger partial charge in [0.05, 0.1) is 0 Å². The molecule has 0 saturated carbocycles. The molecule has 3 nitrogen and oxygen atoms in total. The van der Waals surface area contributed by atoms with Crippen LogP contribution >= 0.6 is 0 Å². The lowest BCUT2D eigenvalue weighted by atomic mass is 9.83. The average molecular weight is 1230 g/mol. The number of benzene rings is 17. The van der Waals surface area contributed by atoms with Crippen LogP contribution in [0.2, 0.25) is 0 Å². The molecule has 17 aromatic carbocycles. The van der Waals surface area contributed by atoms with E-state index in [2.05, 4.69) is 328 Å². The molecular weight excluding hydrogens is 1180 g/mol. The quantitative estimate of drug-likeness (QED) is 0.135. The zero-order valence-corrected chi connectivity index (χ0v) is 52.6.